The van der Waals surface area contributed by atoms with Gasteiger partial charge in [0.2, 0.25) is 0 Å². The Morgan fingerprint density at radius 1 is 0.800 bits per heavy atom. The van der Waals surface area contributed by atoms with Crippen molar-refractivity contribution in [3.8, 4) is 5.75 Å². The van der Waals surface area contributed by atoms with Gasteiger partial charge in [0.05, 0.1) is 0 Å². The van der Waals surface area contributed by atoms with Crippen LogP contribution in [0.2, 0.25) is 0 Å². The molecule has 0 fully saturated rings. The standard InChI is InChI=1S/C23H20Br2N2O3/c1-23(2,30-20-12-6-16(24)7-13-20)22(29)27-19-10-8-18(9-11-19)26-21(28)15-4-3-5-17(25)14-15/h3-14H,1-2H3,(H,26,28)(H,27,29). The fraction of sp³-hybridized carbons (Fsp3) is 0.130. The van der Waals surface area contributed by atoms with E-state index in [4.69, 9.17) is 4.74 Å². The van der Waals surface area contributed by atoms with Gasteiger partial charge in [0.1, 0.15) is 5.75 Å². The van der Waals surface area contributed by atoms with E-state index in [2.05, 4.69) is 42.5 Å². The summed E-state index contributed by atoms with van der Waals surface area (Å²) in [6.07, 6.45) is 0. The molecule has 3 rings (SSSR count). The molecular weight excluding hydrogens is 512 g/mol. The average molecular weight is 532 g/mol. The van der Waals surface area contributed by atoms with Crippen molar-refractivity contribution >= 4 is 55.0 Å². The van der Waals surface area contributed by atoms with Gasteiger partial charge in [0.25, 0.3) is 11.8 Å². The second-order valence-corrected chi connectivity index (χ2v) is 8.89. The van der Waals surface area contributed by atoms with E-state index in [1.54, 1.807) is 68.4 Å². The molecule has 0 heterocycles. The zero-order chi connectivity index (χ0) is 21.7. The Bertz CT molecular complexity index is 1050. The first-order chi connectivity index (χ1) is 14.2. The maximum atomic E-state index is 12.7. The summed E-state index contributed by atoms with van der Waals surface area (Å²) < 4.78 is 7.60. The van der Waals surface area contributed by atoms with Crippen LogP contribution in [-0.2, 0) is 4.79 Å². The lowest BCUT2D eigenvalue weighted by Crippen LogP contribution is -2.42. The minimum atomic E-state index is -1.07. The third-order valence-corrected chi connectivity index (χ3v) is 5.24. The molecule has 0 atom stereocenters. The van der Waals surface area contributed by atoms with Crippen molar-refractivity contribution in [3.63, 3.8) is 0 Å². The van der Waals surface area contributed by atoms with Gasteiger partial charge in [0.15, 0.2) is 5.60 Å². The van der Waals surface area contributed by atoms with Crippen LogP contribution in [0, 0.1) is 0 Å². The van der Waals surface area contributed by atoms with Gasteiger partial charge in [0, 0.05) is 25.9 Å². The van der Waals surface area contributed by atoms with Gasteiger partial charge in [-0.25, -0.2) is 0 Å². The largest absolute Gasteiger partial charge is 0.478 e. The second-order valence-electron chi connectivity index (χ2n) is 7.06. The molecule has 0 aliphatic carbocycles. The van der Waals surface area contributed by atoms with Crippen molar-refractivity contribution < 1.29 is 14.3 Å². The molecule has 0 saturated heterocycles. The molecule has 7 heteroatoms. The number of amides is 2. The quantitative estimate of drug-likeness (QED) is 0.394. The highest BCUT2D eigenvalue weighted by Gasteiger charge is 2.30. The number of hydrogen-bond donors (Lipinski definition) is 2. The molecule has 3 aromatic rings. The molecule has 0 aromatic heterocycles. The Balaban J connectivity index is 1.61. The van der Waals surface area contributed by atoms with E-state index in [1.807, 2.05) is 18.2 Å². The molecular formula is C23H20Br2N2O3. The summed E-state index contributed by atoms with van der Waals surface area (Å²) in [4.78, 5) is 25.0. The molecule has 2 amide bonds. The maximum Gasteiger partial charge on any atom is 0.267 e. The van der Waals surface area contributed by atoms with Crippen molar-refractivity contribution in [1.29, 1.82) is 0 Å². The summed E-state index contributed by atoms with van der Waals surface area (Å²) in [5.74, 6) is 0.109. The summed E-state index contributed by atoms with van der Waals surface area (Å²) in [6, 6.07) is 21.3. The molecule has 5 nitrogen and oxygen atoms in total. The third kappa shape index (κ3) is 5.93. The van der Waals surface area contributed by atoms with Gasteiger partial charge >= 0.3 is 0 Å². The number of ether oxygens (including phenoxy) is 1. The lowest BCUT2D eigenvalue weighted by molar-refractivity contribution is -0.128. The predicted molar refractivity (Wildman–Crippen MR) is 126 cm³/mol. The summed E-state index contributed by atoms with van der Waals surface area (Å²) in [6.45, 7) is 3.41. The van der Waals surface area contributed by atoms with Crippen LogP contribution in [0.15, 0.2) is 81.7 Å². The summed E-state index contributed by atoms with van der Waals surface area (Å²) >= 11 is 6.73. The Hall–Kier alpha value is -2.64. The van der Waals surface area contributed by atoms with E-state index in [9.17, 15) is 9.59 Å². The molecule has 154 valence electrons. The van der Waals surface area contributed by atoms with Crippen molar-refractivity contribution in [2.75, 3.05) is 10.6 Å². The number of carbonyl (C=O) groups excluding carboxylic acids is 2. The van der Waals surface area contributed by atoms with E-state index in [0.29, 0.717) is 22.7 Å². The van der Waals surface area contributed by atoms with Gasteiger partial charge in [-0.1, -0.05) is 37.9 Å². The van der Waals surface area contributed by atoms with Gasteiger partial charge in [-0.05, 0) is 80.6 Å². The van der Waals surface area contributed by atoms with Gasteiger partial charge in [-0.3, -0.25) is 9.59 Å². The van der Waals surface area contributed by atoms with E-state index >= 15 is 0 Å². The van der Waals surface area contributed by atoms with E-state index in [1.165, 1.54) is 0 Å². The first-order valence-electron chi connectivity index (χ1n) is 9.16. The zero-order valence-corrected chi connectivity index (χ0v) is 19.6. The number of carbonyl (C=O) groups is 2. The fourth-order valence-corrected chi connectivity index (χ4v) is 3.26. The number of nitrogens with one attached hydrogen (secondary N) is 2. The normalized spacial score (nSPS) is 10.9. The van der Waals surface area contributed by atoms with E-state index in [0.717, 1.165) is 8.95 Å². The lowest BCUT2D eigenvalue weighted by atomic mass is 10.1. The summed E-state index contributed by atoms with van der Waals surface area (Å²) in [7, 11) is 0. The van der Waals surface area contributed by atoms with Crippen LogP contribution in [0.1, 0.15) is 24.2 Å². The van der Waals surface area contributed by atoms with Crippen molar-refractivity contribution in [2.45, 2.75) is 19.4 Å². The number of anilines is 2. The molecule has 0 aliphatic heterocycles. The number of rotatable bonds is 6. The van der Waals surface area contributed by atoms with Crippen molar-refractivity contribution in [3.05, 3.63) is 87.3 Å². The van der Waals surface area contributed by atoms with Crippen molar-refractivity contribution in [1.82, 2.24) is 0 Å². The fourth-order valence-electron chi connectivity index (χ4n) is 2.60. The number of benzene rings is 3. The number of halogens is 2. The highest BCUT2D eigenvalue weighted by molar-refractivity contribution is 9.10. The highest BCUT2D eigenvalue weighted by atomic mass is 79.9. The Morgan fingerprint density at radius 3 is 2.00 bits per heavy atom. The lowest BCUT2D eigenvalue weighted by Gasteiger charge is -2.25. The van der Waals surface area contributed by atoms with Gasteiger partial charge in [-0.15, -0.1) is 0 Å². The molecule has 3 aromatic carbocycles. The van der Waals surface area contributed by atoms with E-state index < -0.39 is 5.60 Å². The molecule has 0 radical (unpaired) electrons. The maximum absolute atomic E-state index is 12.7. The Morgan fingerprint density at radius 2 is 1.40 bits per heavy atom. The first kappa shape index (κ1) is 22.1. The summed E-state index contributed by atoms with van der Waals surface area (Å²) in [5, 5.41) is 5.67. The number of hydrogen-bond acceptors (Lipinski definition) is 3. The van der Waals surface area contributed by atoms with Crippen LogP contribution in [-0.4, -0.2) is 17.4 Å². The first-order valence-corrected chi connectivity index (χ1v) is 10.7. The van der Waals surface area contributed by atoms with Crippen LogP contribution in [0.4, 0.5) is 11.4 Å². The third-order valence-electron chi connectivity index (χ3n) is 4.22. The van der Waals surface area contributed by atoms with Gasteiger partial charge < -0.3 is 15.4 Å². The van der Waals surface area contributed by atoms with Gasteiger partial charge in [-0.2, -0.15) is 0 Å². The second kappa shape index (κ2) is 9.45. The molecule has 0 saturated carbocycles. The topological polar surface area (TPSA) is 67.4 Å². The monoisotopic (exact) mass is 530 g/mol. The minimum absolute atomic E-state index is 0.211. The smallest absolute Gasteiger partial charge is 0.267 e. The van der Waals surface area contributed by atoms with E-state index in [-0.39, 0.29) is 11.8 Å². The molecule has 0 bridgehead atoms. The zero-order valence-electron chi connectivity index (χ0n) is 16.4. The van der Waals surface area contributed by atoms with Crippen LogP contribution in [0.3, 0.4) is 0 Å². The average Bonchev–Trinajstić information content (AvgIpc) is 2.71. The van der Waals surface area contributed by atoms with Crippen LogP contribution < -0.4 is 15.4 Å². The van der Waals surface area contributed by atoms with Crippen LogP contribution in [0.5, 0.6) is 5.75 Å². The highest BCUT2D eigenvalue weighted by Crippen LogP contribution is 2.23. The minimum Gasteiger partial charge on any atom is -0.478 e. The molecule has 30 heavy (non-hydrogen) atoms. The summed E-state index contributed by atoms with van der Waals surface area (Å²) in [5.41, 5.74) is 0.714. The van der Waals surface area contributed by atoms with Crippen molar-refractivity contribution in [2.24, 2.45) is 0 Å². The van der Waals surface area contributed by atoms with Crippen LogP contribution >= 0.6 is 31.9 Å². The molecule has 0 spiro atoms. The Kier molecular flexibility index (Phi) is 6.95. The molecule has 2 N–H and O–H groups in total. The Labute approximate surface area is 192 Å². The molecule has 0 unspecified atom stereocenters. The molecule has 0 aliphatic rings. The van der Waals surface area contributed by atoms with Crippen LogP contribution in [0.25, 0.3) is 0 Å². The predicted octanol–water partition coefficient (Wildman–Crippen LogP) is 6.26. The SMILES string of the molecule is CC(C)(Oc1ccc(Br)cc1)C(=O)Nc1ccc(NC(=O)c2cccc(Br)c2)cc1.